The van der Waals surface area contributed by atoms with E-state index in [0.29, 0.717) is 23.5 Å². The molecule has 0 aromatic heterocycles. The quantitative estimate of drug-likeness (QED) is 0.515. The minimum absolute atomic E-state index is 0.120. The first-order chi connectivity index (χ1) is 12.6. The zero-order chi connectivity index (χ0) is 18.1. The maximum atomic E-state index is 13.2. The van der Waals surface area contributed by atoms with Gasteiger partial charge >= 0.3 is 0 Å². The highest BCUT2D eigenvalue weighted by molar-refractivity contribution is 6.09. The molecule has 26 heavy (non-hydrogen) atoms. The van der Waals surface area contributed by atoms with E-state index in [1.54, 1.807) is 23.1 Å². The molecule has 6 nitrogen and oxygen atoms in total. The molecule has 1 amide bonds. The Morgan fingerprint density at radius 2 is 1.65 bits per heavy atom. The first-order valence-corrected chi connectivity index (χ1v) is 8.04. The van der Waals surface area contributed by atoms with Crippen LogP contribution in [0.4, 0.5) is 11.4 Å². The van der Waals surface area contributed by atoms with E-state index in [9.17, 15) is 14.9 Å². The van der Waals surface area contributed by atoms with Crippen molar-refractivity contribution in [3.8, 4) is 11.5 Å². The van der Waals surface area contributed by atoms with E-state index in [1.165, 1.54) is 18.2 Å². The number of anilines is 1. The number of fused-ring (bicyclic) bond motifs is 2. The van der Waals surface area contributed by atoms with Crippen molar-refractivity contribution < 1.29 is 14.5 Å². The summed E-state index contributed by atoms with van der Waals surface area (Å²) in [6.45, 7) is 0.372. The van der Waals surface area contributed by atoms with Gasteiger partial charge in [0.1, 0.15) is 5.75 Å². The lowest BCUT2D eigenvalue weighted by Gasteiger charge is -2.22. The molecule has 128 valence electrons. The summed E-state index contributed by atoms with van der Waals surface area (Å²) in [6.07, 6.45) is 0. The molecule has 0 unspecified atom stereocenters. The Morgan fingerprint density at radius 3 is 2.42 bits per heavy atom. The molecule has 4 rings (SSSR count). The number of nitro groups is 1. The fraction of sp³-hybridized carbons (Fsp3) is 0.0500. The summed E-state index contributed by atoms with van der Waals surface area (Å²) in [5.41, 5.74) is 1.77. The zero-order valence-electron chi connectivity index (χ0n) is 13.7. The number of nitro benzene ring substituents is 1. The number of carbonyl (C=O) groups is 1. The van der Waals surface area contributed by atoms with E-state index < -0.39 is 4.92 Å². The van der Waals surface area contributed by atoms with Crippen molar-refractivity contribution in [1.82, 2.24) is 0 Å². The van der Waals surface area contributed by atoms with Gasteiger partial charge in [0.05, 0.1) is 28.8 Å². The Morgan fingerprint density at radius 1 is 0.923 bits per heavy atom. The summed E-state index contributed by atoms with van der Waals surface area (Å²) in [5, 5.41) is 11.1. The van der Waals surface area contributed by atoms with Crippen LogP contribution in [0.15, 0.2) is 72.8 Å². The number of ether oxygens (including phenoxy) is 1. The second-order valence-corrected chi connectivity index (χ2v) is 5.88. The van der Waals surface area contributed by atoms with E-state index >= 15 is 0 Å². The van der Waals surface area contributed by atoms with Crippen molar-refractivity contribution >= 4 is 17.3 Å². The van der Waals surface area contributed by atoms with Gasteiger partial charge in [-0.3, -0.25) is 14.9 Å². The van der Waals surface area contributed by atoms with Gasteiger partial charge in [-0.05, 0) is 23.8 Å². The fourth-order valence-corrected chi connectivity index (χ4v) is 2.95. The number of para-hydroxylation sites is 2. The summed E-state index contributed by atoms with van der Waals surface area (Å²) in [5.74, 6) is 0.409. The second kappa shape index (κ2) is 6.33. The fourth-order valence-electron chi connectivity index (χ4n) is 2.95. The summed E-state index contributed by atoms with van der Waals surface area (Å²) in [6, 6.07) is 20.8. The van der Waals surface area contributed by atoms with Gasteiger partial charge in [0.15, 0.2) is 5.75 Å². The van der Waals surface area contributed by atoms with Gasteiger partial charge in [-0.15, -0.1) is 0 Å². The Bertz CT molecular complexity index is 1000. The van der Waals surface area contributed by atoms with Crippen molar-refractivity contribution in [2.45, 2.75) is 6.54 Å². The number of hydrogen-bond donors (Lipinski definition) is 0. The lowest BCUT2D eigenvalue weighted by Crippen LogP contribution is -2.29. The first-order valence-electron chi connectivity index (χ1n) is 8.04. The van der Waals surface area contributed by atoms with Crippen LogP contribution in [0.1, 0.15) is 15.9 Å². The lowest BCUT2D eigenvalue weighted by atomic mass is 10.1. The monoisotopic (exact) mass is 346 g/mol. The Balaban J connectivity index is 1.84. The molecule has 0 atom stereocenters. The number of nitrogens with zero attached hydrogens (tertiary/aromatic N) is 2. The molecule has 0 spiro atoms. The first kappa shape index (κ1) is 15.8. The Kier molecular flexibility index (Phi) is 3.85. The maximum absolute atomic E-state index is 13.2. The highest BCUT2D eigenvalue weighted by atomic mass is 16.6. The van der Waals surface area contributed by atoms with Crippen LogP contribution in [-0.4, -0.2) is 10.8 Å². The van der Waals surface area contributed by atoms with Crippen LogP contribution in [0, 0.1) is 10.1 Å². The highest BCUT2D eigenvalue weighted by Crippen LogP contribution is 2.40. The van der Waals surface area contributed by atoms with Crippen LogP contribution < -0.4 is 9.64 Å². The van der Waals surface area contributed by atoms with Crippen LogP contribution in [-0.2, 0) is 6.54 Å². The van der Waals surface area contributed by atoms with Crippen LogP contribution >= 0.6 is 0 Å². The summed E-state index contributed by atoms with van der Waals surface area (Å²) in [7, 11) is 0. The van der Waals surface area contributed by atoms with Gasteiger partial charge in [-0.1, -0.05) is 42.5 Å². The molecule has 0 saturated carbocycles. The van der Waals surface area contributed by atoms with Gasteiger partial charge in [-0.25, -0.2) is 0 Å². The van der Waals surface area contributed by atoms with Crippen LogP contribution in [0.5, 0.6) is 11.5 Å². The van der Waals surface area contributed by atoms with E-state index in [4.69, 9.17) is 4.74 Å². The SMILES string of the molecule is O=C1c2ccc([N+](=O)[O-])cc2Oc2ccccc2N1Cc1ccccc1. The summed E-state index contributed by atoms with van der Waals surface area (Å²) >= 11 is 0. The van der Waals surface area contributed by atoms with Gasteiger partial charge in [0, 0.05) is 6.07 Å². The number of hydrogen-bond acceptors (Lipinski definition) is 4. The van der Waals surface area contributed by atoms with Crippen LogP contribution in [0.2, 0.25) is 0 Å². The average Bonchev–Trinajstić information content (AvgIpc) is 2.77. The van der Waals surface area contributed by atoms with E-state index in [0.717, 1.165) is 5.56 Å². The second-order valence-electron chi connectivity index (χ2n) is 5.88. The molecular weight excluding hydrogens is 332 g/mol. The smallest absolute Gasteiger partial charge is 0.273 e. The standard InChI is InChI=1S/C20H14N2O4/c23-20-16-11-10-15(22(24)25)12-19(16)26-18-9-5-4-8-17(18)21(20)13-14-6-2-1-3-7-14/h1-12H,13H2. The van der Waals surface area contributed by atoms with Crippen LogP contribution in [0.25, 0.3) is 0 Å². The minimum atomic E-state index is -0.507. The van der Waals surface area contributed by atoms with Crippen molar-refractivity contribution in [3.63, 3.8) is 0 Å². The van der Waals surface area contributed by atoms with Crippen molar-refractivity contribution in [2.75, 3.05) is 4.90 Å². The highest BCUT2D eigenvalue weighted by Gasteiger charge is 2.29. The predicted molar refractivity (Wildman–Crippen MR) is 96.6 cm³/mol. The van der Waals surface area contributed by atoms with Crippen molar-refractivity contribution in [1.29, 1.82) is 0 Å². The average molecular weight is 346 g/mol. The molecule has 0 radical (unpaired) electrons. The number of rotatable bonds is 3. The number of benzene rings is 3. The molecule has 0 aliphatic carbocycles. The molecule has 3 aromatic rings. The third kappa shape index (κ3) is 2.77. The number of non-ortho nitro benzene ring substituents is 1. The predicted octanol–water partition coefficient (Wildman–Crippen LogP) is 4.55. The normalized spacial score (nSPS) is 12.6. The molecule has 0 N–H and O–H groups in total. The van der Waals surface area contributed by atoms with Gasteiger partial charge in [0.25, 0.3) is 11.6 Å². The van der Waals surface area contributed by atoms with E-state index in [-0.39, 0.29) is 17.3 Å². The van der Waals surface area contributed by atoms with Gasteiger partial charge in [-0.2, -0.15) is 0 Å². The topological polar surface area (TPSA) is 72.7 Å². The van der Waals surface area contributed by atoms with Gasteiger partial charge < -0.3 is 9.64 Å². The number of amides is 1. The van der Waals surface area contributed by atoms with Crippen molar-refractivity contribution in [3.05, 3.63) is 94.0 Å². The minimum Gasteiger partial charge on any atom is -0.454 e. The van der Waals surface area contributed by atoms with Gasteiger partial charge in [0.2, 0.25) is 0 Å². The molecule has 0 bridgehead atoms. The van der Waals surface area contributed by atoms with E-state index in [1.807, 2.05) is 36.4 Å². The molecule has 1 heterocycles. The molecule has 0 saturated heterocycles. The summed E-state index contributed by atoms with van der Waals surface area (Å²) in [4.78, 5) is 25.3. The Hall–Kier alpha value is -3.67. The largest absolute Gasteiger partial charge is 0.454 e. The van der Waals surface area contributed by atoms with E-state index in [2.05, 4.69) is 0 Å². The number of carbonyl (C=O) groups excluding carboxylic acids is 1. The maximum Gasteiger partial charge on any atom is 0.273 e. The van der Waals surface area contributed by atoms with Crippen LogP contribution in [0.3, 0.4) is 0 Å². The summed E-state index contributed by atoms with van der Waals surface area (Å²) < 4.78 is 5.86. The zero-order valence-corrected chi connectivity index (χ0v) is 13.7. The Labute approximate surface area is 149 Å². The molecule has 6 heteroatoms. The molecule has 0 fully saturated rings. The lowest BCUT2D eigenvalue weighted by molar-refractivity contribution is -0.384. The third-order valence-electron chi connectivity index (χ3n) is 4.21. The molecule has 3 aromatic carbocycles. The third-order valence-corrected chi connectivity index (χ3v) is 4.21. The molecular formula is C20H14N2O4. The molecule has 1 aliphatic rings. The molecule has 1 aliphatic heterocycles. The van der Waals surface area contributed by atoms with Crippen molar-refractivity contribution in [2.24, 2.45) is 0 Å².